The van der Waals surface area contributed by atoms with Gasteiger partial charge < -0.3 is 5.32 Å². The Morgan fingerprint density at radius 3 is 2.73 bits per heavy atom. The van der Waals surface area contributed by atoms with E-state index in [0.717, 1.165) is 0 Å². The fraction of sp³-hybridized carbons (Fsp3) is 0.500. The van der Waals surface area contributed by atoms with E-state index in [2.05, 4.69) is 30.5 Å². The second-order valence-corrected chi connectivity index (χ2v) is 7.48. The summed E-state index contributed by atoms with van der Waals surface area (Å²) in [5.74, 6) is -0.0795. The first-order valence-electron chi connectivity index (χ1n) is 9.57. The number of aromatic nitrogens is 6. The number of amides is 1. The van der Waals surface area contributed by atoms with Gasteiger partial charge in [0.05, 0.1) is 12.7 Å². The van der Waals surface area contributed by atoms with Crippen LogP contribution in [-0.2, 0) is 0 Å². The van der Waals surface area contributed by atoms with Gasteiger partial charge in [-0.2, -0.15) is 18.3 Å². The van der Waals surface area contributed by atoms with Gasteiger partial charge in [0, 0.05) is 24.5 Å². The summed E-state index contributed by atoms with van der Waals surface area (Å²) in [6.45, 7) is -0.926. The maximum atomic E-state index is 12.9. The smallest absolute Gasteiger partial charge is 0.348 e. The van der Waals surface area contributed by atoms with Crippen LogP contribution in [0, 0.1) is 0 Å². The maximum absolute atomic E-state index is 12.9. The topological polar surface area (TPSA) is 105 Å². The van der Waals surface area contributed by atoms with Crippen LogP contribution in [0.2, 0.25) is 0 Å². The standard InChI is InChI=1S/C18H21F3N8O/c1-28(9-18(19,20)21)12-4-2-11(3-5-12)24-16(30)15-14-13(8-23-27-14)25-17(26-15)29-7-6-22-10-29/h6-8,10-12H,2-5,9H2,1H3,(H,23,27)(H,24,30)/t11-,12-. The van der Waals surface area contributed by atoms with Crippen LogP contribution in [0.25, 0.3) is 17.0 Å². The van der Waals surface area contributed by atoms with Crippen LogP contribution in [0.3, 0.4) is 0 Å². The summed E-state index contributed by atoms with van der Waals surface area (Å²) < 4.78 is 39.4. The number of aromatic amines is 1. The molecule has 2 N–H and O–H groups in total. The molecule has 160 valence electrons. The molecule has 1 saturated carbocycles. The minimum Gasteiger partial charge on any atom is -0.348 e. The molecular formula is C18H21F3N8O. The molecule has 1 aliphatic carbocycles. The van der Waals surface area contributed by atoms with Gasteiger partial charge in [-0.3, -0.25) is 19.4 Å². The molecule has 9 nitrogen and oxygen atoms in total. The third-order valence-corrected chi connectivity index (χ3v) is 5.32. The zero-order valence-corrected chi connectivity index (χ0v) is 16.2. The monoisotopic (exact) mass is 422 g/mol. The second kappa shape index (κ2) is 8.01. The number of hydrogen-bond acceptors (Lipinski definition) is 6. The zero-order chi connectivity index (χ0) is 21.3. The fourth-order valence-electron chi connectivity index (χ4n) is 3.81. The van der Waals surface area contributed by atoms with Gasteiger partial charge in [-0.25, -0.2) is 15.0 Å². The molecule has 0 radical (unpaired) electrons. The Bertz CT molecular complexity index is 1010. The van der Waals surface area contributed by atoms with Crippen molar-refractivity contribution in [2.45, 2.75) is 43.9 Å². The van der Waals surface area contributed by atoms with Gasteiger partial charge in [0.1, 0.15) is 17.4 Å². The molecule has 1 aliphatic rings. The predicted octanol–water partition coefficient (Wildman–Crippen LogP) is 2.07. The SMILES string of the molecule is CN(CC(F)(F)F)[C@H]1CC[C@H](NC(=O)c2nc(-n3ccnc3)nc3cn[nH]c23)CC1. The first-order valence-corrected chi connectivity index (χ1v) is 9.57. The van der Waals surface area contributed by atoms with E-state index in [0.29, 0.717) is 42.7 Å². The summed E-state index contributed by atoms with van der Waals surface area (Å²) in [6.07, 6.45) is 4.45. The molecule has 3 heterocycles. The minimum absolute atomic E-state index is 0.127. The van der Waals surface area contributed by atoms with Gasteiger partial charge in [0.15, 0.2) is 5.69 Å². The molecule has 12 heteroatoms. The lowest BCUT2D eigenvalue weighted by Gasteiger charge is -2.35. The Hall–Kier alpha value is -3.02. The van der Waals surface area contributed by atoms with Crippen molar-refractivity contribution in [3.63, 3.8) is 0 Å². The summed E-state index contributed by atoms with van der Waals surface area (Å²) >= 11 is 0. The summed E-state index contributed by atoms with van der Waals surface area (Å²) in [4.78, 5) is 26.9. The summed E-state index contributed by atoms with van der Waals surface area (Å²) in [5.41, 5.74) is 1.09. The predicted molar refractivity (Wildman–Crippen MR) is 101 cm³/mol. The van der Waals surface area contributed by atoms with E-state index in [1.54, 1.807) is 17.0 Å². The normalized spacial score (nSPS) is 20.0. The van der Waals surface area contributed by atoms with Crippen molar-refractivity contribution in [1.29, 1.82) is 0 Å². The number of nitrogens with zero attached hydrogens (tertiary/aromatic N) is 6. The highest BCUT2D eigenvalue weighted by atomic mass is 19.4. The molecule has 0 bridgehead atoms. The minimum atomic E-state index is -4.21. The highest BCUT2D eigenvalue weighted by Crippen LogP contribution is 2.26. The Kier molecular flexibility index (Phi) is 5.41. The van der Waals surface area contributed by atoms with Gasteiger partial charge >= 0.3 is 6.18 Å². The molecule has 1 fully saturated rings. The molecule has 30 heavy (non-hydrogen) atoms. The van der Waals surface area contributed by atoms with Crippen molar-refractivity contribution in [3.8, 4) is 5.95 Å². The molecular weight excluding hydrogens is 401 g/mol. The van der Waals surface area contributed by atoms with Gasteiger partial charge in [-0.05, 0) is 32.7 Å². The number of nitrogens with one attached hydrogen (secondary N) is 2. The van der Waals surface area contributed by atoms with Crippen LogP contribution in [0.15, 0.2) is 24.9 Å². The highest BCUT2D eigenvalue weighted by molar-refractivity contribution is 6.02. The lowest BCUT2D eigenvalue weighted by molar-refractivity contribution is -0.148. The van der Waals surface area contributed by atoms with Gasteiger partial charge in [0.2, 0.25) is 5.95 Å². The van der Waals surface area contributed by atoms with E-state index in [1.807, 2.05) is 0 Å². The molecule has 4 rings (SSSR count). The molecule has 0 aliphatic heterocycles. The summed E-state index contributed by atoms with van der Waals surface area (Å²) in [6, 6.07) is -0.274. The summed E-state index contributed by atoms with van der Waals surface area (Å²) in [7, 11) is 1.49. The van der Waals surface area contributed by atoms with Crippen LogP contribution in [0.4, 0.5) is 13.2 Å². The van der Waals surface area contributed by atoms with Crippen molar-refractivity contribution in [2.75, 3.05) is 13.6 Å². The largest absolute Gasteiger partial charge is 0.401 e. The molecule has 0 unspecified atom stereocenters. The van der Waals surface area contributed by atoms with Gasteiger partial charge in [-0.1, -0.05) is 0 Å². The van der Waals surface area contributed by atoms with Gasteiger partial charge in [-0.15, -0.1) is 0 Å². The molecule has 0 atom stereocenters. The van der Waals surface area contributed by atoms with Crippen molar-refractivity contribution >= 4 is 16.9 Å². The highest BCUT2D eigenvalue weighted by Gasteiger charge is 2.34. The van der Waals surface area contributed by atoms with E-state index in [9.17, 15) is 18.0 Å². The van der Waals surface area contributed by atoms with Crippen molar-refractivity contribution in [3.05, 3.63) is 30.6 Å². The van der Waals surface area contributed by atoms with Crippen LogP contribution < -0.4 is 5.32 Å². The molecule has 3 aromatic rings. The molecule has 3 aromatic heterocycles. The van der Waals surface area contributed by atoms with E-state index in [4.69, 9.17) is 0 Å². The molecule has 0 aromatic carbocycles. The Balaban J connectivity index is 1.44. The van der Waals surface area contributed by atoms with Crippen LogP contribution >= 0.6 is 0 Å². The number of alkyl halides is 3. The molecule has 0 spiro atoms. The summed E-state index contributed by atoms with van der Waals surface area (Å²) in [5, 5.41) is 9.65. The first-order chi connectivity index (χ1) is 14.3. The van der Waals surface area contributed by atoms with Crippen molar-refractivity contribution < 1.29 is 18.0 Å². The lowest BCUT2D eigenvalue weighted by atomic mass is 9.90. The molecule has 1 amide bonds. The zero-order valence-electron chi connectivity index (χ0n) is 16.2. The Morgan fingerprint density at radius 1 is 1.30 bits per heavy atom. The number of hydrogen-bond donors (Lipinski definition) is 2. The van der Waals surface area contributed by atoms with E-state index in [1.165, 1.54) is 24.5 Å². The third-order valence-electron chi connectivity index (χ3n) is 5.32. The number of H-pyrrole nitrogens is 1. The Morgan fingerprint density at radius 2 is 2.07 bits per heavy atom. The van der Waals surface area contributed by atoms with Crippen molar-refractivity contribution in [1.82, 2.24) is 39.9 Å². The first kappa shape index (κ1) is 20.3. The van der Waals surface area contributed by atoms with Crippen LogP contribution in [-0.4, -0.2) is 72.4 Å². The van der Waals surface area contributed by atoms with Gasteiger partial charge in [0.25, 0.3) is 5.91 Å². The average molecular weight is 422 g/mol. The van der Waals surface area contributed by atoms with E-state index in [-0.39, 0.29) is 23.7 Å². The number of carbonyl (C=O) groups excluding carboxylic acids is 1. The van der Waals surface area contributed by atoms with Crippen molar-refractivity contribution in [2.24, 2.45) is 0 Å². The van der Waals surface area contributed by atoms with E-state index >= 15 is 0 Å². The Labute approximate surface area is 169 Å². The number of halogens is 3. The van der Waals surface area contributed by atoms with Crippen LogP contribution in [0.5, 0.6) is 0 Å². The van der Waals surface area contributed by atoms with Crippen LogP contribution in [0.1, 0.15) is 36.2 Å². The molecule has 0 saturated heterocycles. The average Bonchev–Trinajstić information content (AvgIpc) is 3.38. The fourth-order valence-corrected chi connectivity index (χ4v) is 3.81. The maximum Gasteiger partial charge on any atom is 0.401 e. The number of imidazole rings is 1. The lowest BCUT2D eigenvalue weighted by Crippen LogP contribution is -2.45. The quantitative estimate of drug-likeness (QED) is 0.652. The number of fused-ring (bicyclic) bond motifs is 1. The number of carbonyl (C=O) groups is 1. The number of rotatable bonds is 5. The second-order valence-electron chi connectivity index (χ2n) is 7.48. The third kappa shape index (κ3) is 4.42. The van der Waals surface area contributed by atoms with E-state index < -0.39 is 12.7 Å².